The van der Waals surface area contributed by atoms with Crippen LogP contribution in [0.15, 0.2) is 17.2 Å². The minimum Gasteiger partial charge on any atom is -0.461 e. The van der Waals surface area contributed by atoms with Crippen LogP contribution < -0.4 is 0 Å². The zero-order chi connectivity index (χ0) is 14.2. The van der Waals surface area contributed by atoms with Crippen LogP contribution in [0.25, 0.3) is 5.52 Å². The number of thiol groups is 1. The minimum absolute atomic E-state index is 0.284. The van der Waals surface area contributed by atoms with E-state index in [1.807, 2.05) is 26.1 Å². The predicted molar refractivity (Wildman–Crippen MR) is 74.8 cm³/mol. The van der Waals surface area contributed by atoms with Crippen molar-refractivity contribution in [2.45, 2.75) is 25.7 Å². The maximum absolute atomic E-state index is 12.0. The van der Waals surface area contributed by atoms with Crippen LogP contribution >= 0.6 is 12.6 Å². The number of esters is 1. The van der Waals surface area contributed by atoms with E-state index in [2.05, 4.69) is 18.7 Å². The Morgan fingerprint density at radius 2 is 2.21 bits per heavy atom. The van der Waals surface area contributed by atoms with Gasteiger partial charge in [-0.2, -0.15) is 5.26 Å². The van der Waals surface area contributed by atoms with E-state index in [0.717, 1.165) is 11.1 Å². The molecule has 0 aromatic carbocycles. The first-order valence-electron chi connectivity index (χ1n) is 5.92. The first-order chi connectivity index (χ1) is 9.01. The van der Waals surface area contributed by atoms with Crippen molar-refractivity contribution in [3.63, 3.8) is 0 Å². The minimum atomic E-state index is -0.464. The van der Waals surface area contributed by atoms with Crippen molar-refractivity contribution in [1.29, 1.82) is 5.26 Å². The molecular weight excluding hydrogens is 260 g/mol. The van der Waals surface area contributed by atoms with Crippen molar-refractivity contribution in [1.82, 2.24) is 4.40 Å². The molecule has 0 aliphatic rings. The average Bonchev–Trinajstić information content (AvgIpc) is 2.61. The molecule has 0 spiro atoms. The zero-order valence-electron chi connectivity index (χ0n) is 11.0. The molecule has 4 nitrogen and oxygen atoms in total. The fourth-order valence-electron chi connectivity index (χ4n) is 2.24. The summed E-state index contributed by atoms with van der Waals surface area (Å²) >= 11 is 4.32. The van der Waals surface area contributed by atoms with Gasteiger partial charge in [0, 0.05) is 6.20 Å². The number of ether oxygens (including phenoxy) is 1. The smallest absolute Gasteiger partial charge is 0.356 e. The molecule has 0 fully saturated rings. The molecule has 2 heterocycles. The second-order valence-corrected chi connectivity index (χ2v) is 4.77. The normalized spacial score (nSPS) is 10.5. The van der Waals surface area contributed by atoms with E-state index >= 15 is 0 Å². The monoisotopic (exact) mass is 274 g/mol. The summed E-state index contributed by atoms with van der Waals surface area (Å²) in [6.45, 7) is 5.87. The predicted octanol–water partition coefficient (Wildman–Crippen LogP) is 2.89. The number of pyridine rings is 1. The molecule has 2 aromatic rings. The van der Waals surface area contributed by atoms with E-state index in [4.69, 9.17) is 4.74 Å². The van der Waals surface area contributed by atoms with E-state index in [0.29, 0.717) is 21.7 Å². The molecule has 0 aliphatic carbocycles. The molecule has 0 saturated heterocycles. The van der Waals surface area contributed by atoms with Gasteiger partial charge in [0.05, 0.1) is 22.6 Å². The van der Waals surface area contributed by atoms with Crippen molar-refractivity contribution < 1.29 is 9.53 Å². The number of aromatic nitrogens is 1. The number of fused-ring (bicyclic) bond motifs is 1. The Bertz CT molecular complexity index is 711. The SMILES string of the molecule is CCOC(=O)c1c(S)c(C#N)c2c(C)cc(C)cn12. The maximum atomic E-state index is 12.0. The van der Waals surface area contributed by atoms with Crippen LogP contribution in [0, 0.1) is 25.2 Å². The summed E-state index contributed by atoms with van der Waals surface area (Å²) in [6.07, 6.45) is 1.81. The van der Waals surface area contributed by atoms with Crippen LogP contribution in [-0.4, -0.2) is 17.0 Å². The highest BCUT2D eigenvalue weighted by molar-refractivity contribution is 7.80. The first kappa shape index (κ1) is 13.5. The number of hydrogen-bond acceptors (Lipinski definition) is 4. The van der Waals surface area contributed by atoms with Crippen LogP contribution in [0.4, 0.5) is 0 Å². The maximum Gasteiger partial charge on any atom is 0.356 e. The molecule has 0 unspecified atom stereocenters. The molecule has 0 N–H and O–H groups in total. The van der Waals surface area contributed by atoms with Crippen molar-refractivity contribution in [2.75, 3.05) is 6.61 Å². The highest BCUT2D eigenvalue weighted by Gasteiger charge is 2.23. The third kappa shape index (κ3) is 2.08. The fraction of sp³-hybridized carbons (Fsp3) is 0.286. The van der Waals surface area contributed by atoms with Crippen molar-refractivity contribution in [3.8, 4) is 6.07 Å². The van der Waals surface area contributed by atoms with E-state index in [-0.39, 0.29) is 6.61 Å². The van der Waals surface area contributed by atoms with Gasteiger partial charge >= 0.3 is 5.97 Å². The van der Waals surface area contributed by atoms with E-state index in [9.17, 15) is 10.1 Å². The summed E-state index contributed by atoms with van der Waals surface area (Å²) in [5.41, 5.74) is 3.36. The Labute approximate surface area is 117 Å². The lowest BCUT2D eigenvalue weighted by Crippen LogP contribution is -2.09. The second kappa shape index (κ2) is 4.98. The van der Waals surface area contributed by atoms with E-state index < -0.39 is 5.97 Å². The summed E-state index contributed by atoms with van der Waals surface area (Å²) in [6, 6.07) is 4.08. The molecule has 5 heteroatoms. The second-order valence-electron chi connectivity index (χ2n) is 4.32. The topological polar surface area (TPSA) is 54.5 Å². The lowest BCUT2D eigenvalue weighted by Gasteiger charge is -2.06. The Balaban J connectivity index is 2.88. The lowest BCUT2D eigenvalue weighted by molar-refractivity contribution is 0.0514. The summed E-state index contributed by atoms with van der Waals surface area (Å²) in [7, 11) is 0. The van der Waals surface area contributed by atoms with Crippen LogP contribution in [0.1, 0.15) is 34.1 Å². The van der Waals surface area contributed by atoms with Gasteiger partial charge in [-0.3, -0.25) is 0 Å². The van der Waals surface area contributed by atoms with Gasteiger partial charge in [0.2, 0.25) is 0 Å². The number of carbonyl (C=O) groups is 1. The largest absolute Gasteiger partial charge is 0.461 e. The average molecular weight is 274 g/mol. The van der Waals surface area contributed by atoms with Gasteiger partial charge in [0.15, 0.2) is 0 Å². The van der Waals surface area contributed by atoms with Crippen LogP contribution in [0.3, 0.4) is 0 Å². The molecule has 0 bridgehead atoms. The molecule has 19 heavy (non-hydrogen) atoms. The van der Waals surface area contributed by atoms with Crippen molar-refractivity contribution in [3.05, 3.63) is 34.6 Å². The van der Waals surface area contributed by atoms with Gasteiger partial charge in [-0.1, -0.05) is 6.07 Å². The highest BCUT2D eigenvalue weighted by Crippen LogP contribution is 2.29. The Morgan fingerprint density at radius 1 is 1.53 bits per heavy atom. The van der Waals surface area contributed by atoms with Crippen LogP contribution in [0.5, 0.6) is 0 Å². The third-order valence-corrected chi connectivity index (χ3v) is 3.35. The van der Waals surface area contributed by atoms with Gasteiger partial charge in [-0.15, -0.1) is 12.6 Å². The number of rotatable bonds is 2. The summed E-state index contributed by atoms with van der Waals surface area (Å²) in [4.78, 5) is 12.4. The van der Waals surface area contributed by atoms with Gasteiger partial charge in [0.1, 0.15) is 11.8 Å². The molecule has 2 rings (SSSR count). The lowest BCUT2D eigenvalue weighted by atomic mass is 10.1. The molecule has 0 atom stereocenters. The number of nitriles is 1. The van der Waals surface area contributed by atoms with Gasteiger partial charge in [-0.25, -0.2) is 4.79 Å². The highest BCUT2D eigenvalue weighted by atomic mass is 32.1. The molecule has 0 aliphatic heterocycles. The molecule has 0 radical (unpaired) electrons. The number of carbonyl (C=O) groups excluding carboxylic acids is 1. The van der Waals surface area contributed by atoms with Crippen molar-refractivity contribution >= 4 is 24.1 Å². The Kier molecular flexibility index (Phi) is 3.54. The van der Waals surface area contributed by atoms with Crippen LogP contribution in [0.2, 0.25) is 0 Å². The molecule has 2 aromatic heterocycles. The summed E-state index contributed by atoms with van der Waals surface area (Å²) in [5, 5.41) is 9.27. The van der Waals surface area contributed by atoms with E-state index in [1.165, 1.54) is 0 Å². The van der Waals surface area contributed by atoms with E-state index in [1.54, 1.807) is 11.3 Å². The first-order valence-corrected chi connectivity index (χ1v) is 6.37. The summed E-state index contributed by atoms with van der Waals surface area (Å²) in [5.74, 6) is -0.464. The third-order valence-electron chi connectivity index (χ3n) is 2.91. The fourth-order valence-corrected chi connectivity index (χ4v) is 2.60. The quantitative estimate of drug-likeness (QED) is 0.676. The Hall–Kier alpha value is -1.93. The van der Waals surface area contributed by atoms with Crippen molar-refractivity contribution in [2.24, 2.45) is 0 Å². The van der Waals surface area contributed by atoms with Gasteiger partial charge in [-0.05, 0) is 31.9 Å². The molecule has 98 valence electrons. The van der Waals surface area contributed by atoms with Gasteiger partial charge < -0.3 is 9.14 Å². The number of aryl methyl sites for hydroxylation is 2. The summed E-state index contributed by atoms with van der Waals surface area (Å²) < 4.78 is 6.73. The number of hydrogen-bond donors (Lipinski definition) is 1. The molecule has 0 amide bonds. The van der Waals surface area contributed by atoms with Gasteiger partial charge in [0.25, 0.3) is 0 Å². The van der Waals surface area contributed by atoms with Crippen LogP contribution in [-0.2, 0) is 4.74 Å². The Morgan fingerprint density at radius 3 is 2.79 bits per heavy atom. The number of nitrogens with zero attached hydrogens (tertiary/aromatic N) is 2. The standard InChI is InChI=1S/C14H14N2O2S/c1-4-18-14(17)12-13(19)10(6-15)11-9(3)5-8(2)7-16(11)12/h5,7,19H,4H2,1-3H3. The molecular formula is C14H14N2O2S. The zero-order valence-corrected chi connectivity index (χ0v) is 11.9. The molecule has 0 saturated carbocycles.